The molecule has 0 heterocycles. The zero-order valence-corrected chi connectivity index (χ0v) is 11.4. The maximum absolute atomic E-state index is 12.2. The molecule has 1 fully saturated rings. The van der Waals surface area contributed by atoms with E-state index in [1.165, 1.54) is 6.07 Å². The first-order valence-electron chi connectivity index (χ1n) is 5.49. The molecule has 5 heteroatoms. The number of carboxylic acids is 1. The summed E-state index contributed by atoms with van der Waals surface area (Å²) in [4.78, 5) is 23.3. The highest BCUT2D eigenvalue weighted by atomic mass is 35.5. The maximum atomic E-state index is 12.2. The summed E-state index contributed by atoms with van der Waals surface area (Å²) in [6.45, 7) is 3.57. The summed E-state index contributed by atoms with van der Waals surface area (Å²) in [5, 5.41) is 9.73. The lowest BCUT2D eigenvalue weighted by atomic mass is 10.0. The van der Waals surface area contributed by atoms with Crippen LogP contribution in [-0.2, 0) is 4.79 Å². The molecule has 2 atom stereocenters. The quantitative estimate of drug-likeness (QED) is 0.865. The number of Topliss-reactive ketones (excluding diaryl/α,β-unsaturated/α-hetero) is 1. The fourth-order valence-corrected chi connectivity index (χ4v) is 2.72. The molecule has 0 saturated heterocycles. The van der Waals surface area contributed by atoms with Crippen molar-refractivity contribution in [2.24, 2.45) is 17.3 Å². The van der Waals surface area contributed by atoms with Gasteiger partial charge in [-0.1, -0.05) is 37.0 Å². The molecule has 0 amide bonds. The Bertz CT molecular complexity index is 537. The van der Waals surface area contributed by atoms with Crippen molar-refractivity contribution in [3.8, 4) is 0 Å². The van der Waals surface area contributed by atoms with E-state index in [0.717, 1.165) is 0 Å². The van der Waals surface area contributed by atoms with Crippen LogP contribution < -0.4 is 0 Å². The first-order valence-corrected chi connectivity index (χ1v) is 6.24. The molecular formula is C13H12Cl2O3. The zero-order chi connectivity index (χ0) is 13.7. The summed E-state index contributed by atoms with van der Waals surface area (Å²) in [5.41, 5.74) is -0.0964. The predicted molar refractivity (Wildman–Crippen MR) is 69.2 cm³/mol. The first-order chi connectivity index (χ1) is 8.26. The molecule has 1 aliphatic carbocycles. The lowest BCUT2D eigenvalue weighted by Gasteiger charge is -2.03. The molecule has 0 aromatic heterocycles. The molecule has 1 saturated carbocycles. The molecule has 1 aromatic rings. The van der Waals surface area contributed by atoms with Gasteiger partial charge in [0.05, 0.1) is 16.0 Å². The van der Waals surface area contributed by atoms with E-state index >= 15 is 0 Å². The van der Waals surface area contributed by atoms with Crippen LogP contribution in [0.3, 0.4) is 0 Å². The van der Waals surface area contributed by atoms with Crippen LogP contribution >= 0.6 is 23.2 Å². The smallest absolute Gasteiger partial charge is 0.307 e. The number of rotatable bonds is 3. The topological polar surface area (TPSA) is 54.4 Å². The lowest BCUT2D eigenvalue weighted by Crippen LogP contribution is -2.08. The van der Waals surface area contributed by atoms with Gasteiger partial charge in [-0.05, 0) is 23.6 Å². The molecule has 1 aromatic carbocycles. The Kier molecular flexibility index (Phi) is 3.16. The lowest BCUT2D eigenvalue weighted by molar-refractivity contribution is -0.139. The normalized spacial score (nSPS) is 24.7. The highest BCUT2D eigenvalue weighted by molar-refractivity contribution is 6.42. The largest absolute Gasteiger partial charge is 0.481 e. The average molecular weight is 287 g/mol. The number of hydrogen-bond acceptors (Lipinski definition) is 2. The SMILES string of the molecule is CC1(C)C(C(=O)c2ccc(Cl)c(Cl)c2)[C@H]1C(=O)O. The van der Waals surface area contributed by atoms with Crippen LogP contribution in [0.2, 0.25) is 10.0 Å². The van der Waals surface area contributed by atoms with Crippen molar-refractivity contribution >= 4 is 35.0 Å². The van der Waals surface area contributed by atoms with Gasteiger partial charge in [-0.25, -0.2) is 0 Å². The molecular weight excluding hydrogens is 275 g/mol. The van der Waals surface area contributed by atoms with Gasteiger partial charge in [-0.2, -0.15) is 0 Å². The Balaban J connectivity index is 2.28. The van der Waals surface area contributed by atoms with Gasteiger partial charge in [0.25, 0.3) is 0 Å². The van der Waals surface area contributed by atoms with E-state index in [9.17, 15) is 9.59 Å². The Labute approximate surface area is 115 Å². The van der Waals surface area contributed by atoms with Crippen molar-refractivity contribution in [2.45, 2.75) is 13.8 Å². The fraction of sp³-hybridized carbons (Fsp3) is 0.385. The van der Waals surface area contributed by atoms with E-state index in [1.807, 2.05) is 0 Å². The van der Waals surface area contributed by atoms with Crippen LogP contribution in [0.1, 0.15) is 24.2 Å². The second kappa shape index (κ2) is 4.25. The van der Waals surface area contributed by atoms with Crippen LogP contribution in [0, 0.1) is 17.3 Å². The third kappa shape index (κ3) is 2.02. The molecule has 3 nitrogen and oxygen atoms in total. The van der Waals surface area contributed by atoms with E-state index in [0.29, 0.717) is 15.6 Å². The second-order valence-corrected chi connectivity index (χ2v) is 5.92. The van der Waals surface area contributed by atoms with Crippen molar-refractivity contribution in [2.75, 3.05) is 0 Å². The molecule has 0 spiro atoms. The molecule has 1 N–H and O–H groups in total. The fourth-order valence-electron chi connectivity index (χ4n) is 2.42. The standard InChI is InChI=1S/C13H12Cl2O3/c1-13(2)9(10(13)12(17)18)11(16)6-3-4-7(14)8(15)5-6/h3-5,9-10H,1-2H3,(H,17,18)/t9?,10-/m0/s1. The summed E-state index contributed by atoms with van der Waals surface area (Å²) in [5.74, 6) is -2.24. The number of carboxylic acid groups (broad SMARTS) is 1. The highest BCUT2D eigenvalue weighted by Crippen LogP contribution is 2.59. The highest BCUT2D eigenvalue weighted by Gasteiger charge is 2.65. The van der Waals surface area contributed by atoms with Crippen LogP contribution in [-0.4, -0.2) is 16.9 Å². The summed E-state index contributed by atoms with van der Waals surface area (Å²) >= 11 is 11.6. The summed E-state index contributed by atoms with van der Waals surface area (Å²) < 4.78 is 0. The Morgan fingerprint density at radius 3 is 2.22 bits per heavy atom. The van der Waals surface area contributed by atoms with E-state index in [4.69, 9.17) is 28.3 Å². The number of halogens is 2. The predicted octanol–water partition coefficient (Wildman–Crippen LogP) is 3.53. The summed E-state index contributed by atoms with van der Waals surface area (Å²) in [6, 6.07) is 4.60. The van der Waals surface area contributed by atoms with E-state index in [-0.39, 0.29) is 5.78 Å². The van der Waals surface area contributed by atoms with E-state index < -0.39 is 23.2 Å². The van der Waals surface area contributed by atoms with Gasteiger partial charge in [-0.15, -0.1) is 0 Å². The Morgan fingerprint density at radius 1 is 1.17 bits per heavy atom. The third-order valence-corrected chi connectivity index (χ3v) is 4.32. The average Bonchev–Trinajstić information content (AvgIpc) is 2.85. The molecule has 1 aliphatic rings. The van der Waals surface area contributed by atoms with Crippen LogP contribution in [0.4, 0.5) is 0 Å². The van der Waals surface area contributed by atoms with Gasteiger partial charge >= 0.3 is 5.97 Å². The number of benzene rings is 1. The maximum Gasteiger partial charge on any atom is 0.307 e. The number of carbonyl (C=O) groups is 2. The molecule has 0 bridgehead atoms. The monoisotopic (exact) mass is 286 g/mol. The van der Waals surface area contributed by atoms with E-state index in [1.54, 1.807) is 26.0 Å². The number of hydrogen-bond donors (Lipinski definition) is 1. The summed E-state index contributed by atoms with van der Waals surface area (Å²) in [7, 11) is 0. The first kappa shape index (κ1) is 13.4. The zero-order valence-electron chi connectivity index (χ0n) is 9.91. The molecule has 96 valence electrons. The minimum absolute atomic E-state index is 0.189. The molecule has 2 rings (SSSR count). The van der Waals surface area contributed by atoms with Crippen LogP contribution in [0.5, 0.6) is 0 Å². The van der Waals surface area contributed by atoms with Crippen LogP contribution in [0.15, 0.2) is 18.2 Å². The number of ketones is 1. The van der Waals surface area contributed by atoms with Gasteiger partial charge in [-0.3, -0.25) is 9.59 Å². The van der Waals surface area contributed by atoms with Crippen LogP contribution in [0.25, 0.3) is 0 Å². The van der Waals surface area contributed by atoms with Gasteiger partial charge in [0, 0.05) is 11.5 Å². The molecule has 18 heavy (non-hydrogen) atoms. The molecule has 1 unspecified atom stereocenters. The summed E-state index contributed by atoms with van der Waals surface area (Å²) in [6.07, 6.45) is 0. The van der Waals surface area contributed by atoms with Crippen molar-refractivity contribution in [1.29, 1.82) is 0 Å². The van der Waals surface area contributed by atoms with E-state index in [2.05, 4.69) is 0 Å². The van der Waals surface area contributed by atoms with Gasteiger partial charge in [0.2, 0.25) is 0 Å². The van der Waals surface area contributed by atoms with Crippen molar-refractivity contribution in [3.05, 3.63) is 33.8 Å². The van der Waals surface area contributed by atoms with Crippen molar-refractivity contribution in [1.82, 2.24) is 0 Å². The molecule has 0 aliphatic heterocycles. The van der Waals surface area contributed by atoms with Gasteiger partial charge in [0.15, 0.2) is 5.78 Å². The molecule has 0 radical (unpaired) electrons. The van der Waals surface area contributed by atoms with Gasteiger partial charge < -0.3 is 5.11 Å². The van der Waals surface area contributed by atoms with Crippen molar-refractivity contribution in [3.63, 3.8) is 0 Å². The minimum atomic E-state index is -0.932. The minimum Gasteiger partial charge on any atom is -0.481 e. The number of carbonyl (C=O) groups excluding carboxylic acids is 1. The van der Waals surface area contributed by atoms with Crippen molar-refractivity contribution < 1.29 is 14.7 Å². The Morgan fingerprint density at radius 2 is 1.78 bits per heavy atom. The van der Waals surface area contributed by atoms with Gasteiger partial charge in [0.1, 0.15) is 0 Å². The second-order valence-electron chi connectivity index (χ2n) is 5.11. The number of aliphatic carboxylic acids is 1. The third-order valence-electron chi connectivity index (χ3n) is 3.58. The Hall–Kier alpha value is -1.06.